The first-order chi connectivity index (χ1) is 19.3. The molecule has 2 saturated heterocycles. The van der Waals surface area contributed by atoms with Crippen molar-refractivity contribution in [2.24, 2.45) is 23.7 Å². The number of sulfonamides is 2. The summed E-state index contributed by atoms with van der Waals surface area (Å²) in [5.74, 6) is 1.51. The summed E-state index contributed by atoms with van der Waals surface area (Å²) >= 11 is 0. The minimum atomic E-state index is -3.47. The summed E-state index contributed by atoms with van der Waals surface area (Å²) in [4.78, 5) is 15.1. The van der Waals surface area contributed by atoms with Gasteiger partial charge < -0.3 is 10.3 Å². The molecule has 222 valence electrons. The van der Waals surface area contributed by atoms with Crippen LogP contribution in [0, 0.1) is 23.7 Å². The molecule has 2 N–H and O–H groups in total. The van der Waals surface area contributed by atoms with Gasteiger partial charge in [-0.05, 0) is 84.5 Å². The van der Waals surface area contributed by atoms with E-state index in [1.807, 2.05) is 18.3 Å². The van der Waals surface area contributed by atoms with Crippen molar-refractivity contribution >= 4 is 42.5 Å². The molecule has 9 nitrogen and oxygen atoms in total. The highest BCUT2D eigenvalue weighted by Crippen LogP contribution is 2.31. The summed E-state index contributed by atoms with van der Waals surface area (Å²) in [6, 6.07) is 12.1. The lowest BCUT2D eigenvalue weighted by atomic mass is 9.94. The van der Waals surface area contributed by atoms with E-state index in [1.54, 1.807) is 38.9 Å². The number of piperidine rings is 2. The smallest absolute Gasteiger partial charge is 0.243 e. The van der Waals surface area contributed by atoms with Crippen LogP contribution in [0.5, 0.6) is 0 Å². The van der Waals surface area contributed by atoms with Gasteiger partial charge in [-0.15, -0.1) is 0 Å². The van der Waals surface area contributed by atoms with Crippen molar-refractivity contribution in [3.8, 4) is 0 Å². The number of aromatic nitrogens is 1. The zero-order chi connectivity index (χ0) is 29.5. The number of benzene rings is 2. The highest BCUT2D eigenvalue weighted by atomic mass is 32.2. The number of hydrogen-bond acceptors (Lipinski definition) is 5. The van der Waals surface area contributed by atoms with E-state index in [2.05, 4.69) is 38.0 Å². The van der Waals surface area contributed by atoms with Gasteiger partial charge >= 0.3 is 0 Å². The monoisotopic (exact) mass is 600 g/mol. The molecule has 4 unspecified atom stereocenters. The number of aromatic amines is 1. The first kappa shape index (κ1) is 29.8. The summed E-state index contributed by atoms with van der Waals surface area (Å²) < 4.78 is 54.3. The topological polar surface area (TPSA) is 120 Å². The lowest BCUT2D eigenvalue weighted by Gasteiger charge is -2.34. The molecule has 0 radical (unpaired) electrons. The highest BCUT2D eigenvalue weighted by Gasteiger charge is 2.33. The number of nitrogens with one attached hydrogen (secondary N) is 2. The second-order valence-corrected chi connectivity index (χ2v) is 16.2. The summed E-state index contributed by atoms with van der Waals surface area (Å²) in [6.07, 6.45) is 4.25. The Labute approximate surface area is 243 Å². The van der Waals surface area contributed by atoms with E-state index in [0.29, 0.717) is 59.6 Å². The van der Waals surface area contributed by atoms with E-state index in [0.717, 1.165) is 35.0 Å². The Balaban J connectivity index is 0.000000165. The van der Waals surface area contributed by atoms with Crippen LogP contribution in [-0.4, -0.2) is 62.5 Å². The van der Waals surface area contributed by atoms with E-state index in [4.69, 9.17) is 0 Å². The number of fused-ring (bicyclic) bond motifs is 2. The summed E-state index contributed by atoms with van der Waals surface area (Å²) in [5.41, 5.74) is 2.45. The molecule has 2 fully saturated rings. The van der Waals surface area contributed by atoms with Crippen molar-refractivity contribution in [2.75, 3.05) is 31.5 Å². The quantitative estimate of drug-likeness (QED) is 0.451. The van der Waals surface area contributed by atoms with E-state index < -0.39 is 20.0 Å². The lowest BCUT2D eigenvalue weighted by Crippen LogP contribution is -2.42. The molecule has 4 atom stereocenters. The van der Waals surface area contributed by atoms with Crippen molar-refractivity contribution in [1.29, 1.82) is 0 Å². The number of rotatable bonds is 4. The third-order valence-corrected chi connectivity index (χ3v) is 11.8. The van der Waals surface area contributed by atoms with Gasteiger partial charge in [0.15, 0.2) is 0 Å². The predicted molar refractivity (Wildman–Crippen MR) is 160 cm³/mol. The van der Waals surface area contributed by atoms with Crippen molar-refractivity contribution in [1.82, 2.24) is 13.6 Å². The maximum Gasteiger partial charge on any atom is 0.243 e. The minimum absolute atomic E-state index is 0.0836. The van der Waals surface area contributed by atoms with Crippen LogP contribution in [-0.2, 0) is 31.3 Å². The Morgan fingerprint density at radius 1 is 0.707 bits per heavy atom. The molecule has 0 saturated carbocycles. The van der Waals surface area contributed by atoms with Gasteiger partial charge in [-0.25, -0.2) is 16.8 Å². The molecule has 0 bridgehead atoms. The summed E-state index contributed by atoms with van der Waals surface area (Å²) in [6.45, 7) is 10.8. The van der Waals surface area contributed by atoms with E-state index in [-0.39, 0.29) is 12.3 Å². The first-order valence-electron chi connectivity index (χ1n) is 14.3. The van der Waals surface area contributed by atoms with Crippen LogP contribution in [0.25, 0.3) is 10.9 Å². The standard InChI is InChI=1S/C15H20N2O3S.C15H20N2O2S/c1-10-5-11(2)9-17(8-10)21(19,20)13-3-4-14-12(6-13)7-15(18)16-14;1-11-7-12(2)10-17(9-11)20(18,19)14-3-4-15-13(8-14)5-6-16-15/h3-4,6,10-11H,5,7-9H2,1-2H3,(H,16,18);3-6,8,11-12,16H,7,9-10H2,1-2H3. The maximum atomic E-state index is 12.8. The number of H-pyrrole nitrogens is 1. The molecule has 41 heavy (non-hydrogen) atoms. The van der Waals surface area contributed by atoms with E-state index in [1.165, 1.54) is 0 Å². The highest BCUT2D eigenvalue weighted by molar-refractivity contribution is 7.89. The van der Waals surface area contributed by atoms with Crippen molar-refractivity contribution in [3.05, 3.63) is 54.2 Å². The summed E-state index contributed by atoms with van der Waals surface area (Å²) in [5, 5.41) is 3.66. The van der Waals surface area contributed by atoms with Crippen LogP contribution in [0.4, 0.5) is 5.69 Å². The first-order valence-corrected chi connectivity index (χ1v) is 17.2. The molecule has 1 amide bonds. The average molecular weight is 601 g/mol. The Morgan fingerprint density at radius 3 is 1.78 bits per heavy atom. The molecule has 4 heterocycles. The molecule has 11 heteroatoms. The molecule has 0 aliphatic carbocycles. The fourth-order valence-corrected chi connectivity index (χ4v) is 9.91. The van der Waals surface area contributed by atoms with Gasteiger partial charge in [0.05, 0.1) is 16.2 Å². The Hall–Kier alpha value is -2.73. The van der Waals surface area contributed by atoms with Crippen LogP contribution in [0.1, 0.15) is 46.1 Å². The molecular weight excluding hydrogens is 560 g/mol. The molecule has 3 aliphatic heterocycles. The second-order valence-electron chi connectivity index (χ2n) is 12.3. The van der Waals surface area contributed by atoms with Gasteiger partial charge in [0.25, 0.3) is 0 Å². The Kier molecular flexibility index (Phi) is 8.35. The van der Waals surface area contributed by atoms with Gasteiger partial charge in [0.1, 0.15) is 0 Å². The van der Waals surface area contributed by atoms with Crippen LogP contribution >= 0.6 is 0 Å². The third-order valence-electron chi connectivity index (χ3n) is 8.17. The van der Waals surface area contributed by atoms with Gasteiger partial charge in [0, 0.05) is 49.0 Å². The zero-order valence-electron chi connectivity index (χ0n) is 24.1. The average Bonchev–Trinajstić information content (AvgIpc) is 3.52. The van der Waals surface area contributed by atoms with E-state index in [9.17, 15) is 21.6 Å². The normalized spacial score (nSPS) is 25.8. The fraction of sp³-hybridized carbons (Fsp3) is 0.500. The van der Waals surface area contributed by atoms with Crippen molar-refractivity contribution in [3.63, 3.8) is 0 Å². The number of anilines is 1. The fourth-order valence-electron chi connectivity index (χ4n) is 6.46. The number of amides is 1. The molecule has 1 aromatic heterocycles. The predicted octanol–water partition coefficient (Wildman–Crippen LogP) is 4.68. The van der Waals surface area contributed by atoms with Crippen LogP contribution < -0.4 is 5.32 Å². The Morgan fingerprint density at radius 2 is 1.22 bits per heavy atom. The van der Waals surface area contributed by atoms with Crippen LogP contribution in [0.3, 0.4) is 0 Å². The number of carbonyl (C=O) groups is 1. The lowest BCUT2D eigenvalue weighted by molar-refractivity contribution is -0.115. The minimum Gasteiger partial charge on any atom is -0.361 e. The van der Waals surface area contributed by atoms with Gasteiger partial charge in [0.2, 0.25) is 26.0 Å². The van der Waals surface area contributed by atoms with Crippen molar-refractivity contribution < 1.29 is 21.6 Å². The largest absolute Gasteiger partial charge is 0.361 e. The third kappa shape index (κ3) is 6.38. The molecular formula is C30H40N4O5S2. The molecule has 2 aromatic carbocycles. The van der Waals surface area contributed by atoms with Gasteiger partial charge in [-0.3, -0.25) is 4.79 Å². The van der Waals surface area contributed by atoms with Gasteiger partial charge in [-0.1, -0.05) is 27.7 Å². The Bertz CT molecular complexity index is 1630. The van der Waals surface area contributed by atoms with Crippen molar-refractivity contribution in [2.45, 2.75) is 56.7 Å². The zero-order valence-corrected chi connectivity index (χ0v) is 25.8. The SMILES string of the molecule is CC1CC(C)CN(S(=O)(=O)c2ccc3[nH]ccc3c2)C1.CC1CC(C)CN(S(=O)(=O)c2ccc3c(c2)CC(=O)N3)C1. The molecule has 3 aromatic rings. The second kappa shape index (κ2) is 11.5. The summed E-state index contributed by atoms with van der Waals surface area (Å²) in [7, 11) is -6.85. The molecule has 3 aliphatic rings. The van der Waals surface area contributed by atoms with E-state index >= 15 is 0 Å². The van der Waals surface area contributed by atoms with Gasteiger partial charge in [-0.2, -0.15) is 8.61 Å². The number of hydrogen-bond donors (Lipinski definition) is 2. The maximum absolute atomic E-state index is 12.8. The molecule has 6 rings (SSSR count). The van der Waals surface area contributed by atoms with Crippen LogP contribution in [0.15, 0.2) is 58.5 Å². The number of carbonyl (C=O) groups excluding carboxylic acids is 1. The number of nitrogens with zero attached hydrogens (tertiary/aromatic N) is 2. The van der Waals surface area contributed by atoms with Crippen LogP contribution in [0.2, 0.25) is 0 Å². The molecule has 0 spiro atoms.